The Bertz CT molecular complexity index is 866. The smallest absolute Gasteiger partial charge is 0.231 e. The van der Waals surface area contributed by atoms with Gasteiger partial charge in [-0.05, 0) is 36.8 Å². The highest BCUT2D eigenvalue weighted by molar-refractivity contribution is 5.80. The molecule has 0 radical (unpaired) electrons. The summed E-state index contributed by atoms with van der Waals surface area (Å²) in [5, 5.41) is 4.00. The lowest BCUT2D eigenvalue weighted by atomic mass is 10.1. The van der Waals surface area contributed by atoms with Gasteiger partial charge in [-0.15, -0.1) is 0 Å². The standard InChI is InChI=1S/C19H17NO4/c1-12(17-10-14-4-2-3-5-15(14)24-17)20-19(21)9-13-6-7-16-18(8-13)23-11-22-16/h2-8,10,12H,9,11H2,1H3,(H,20,21)/t12-/m0/s1. The second-order valence-electron chi connectivity index (χ2n) is 5.84. The lowest BCUT2D eigenvalue weighted by Gasteiger charge is -2.11. The van der Waals surface area contributed by atoms with Gasteiger partial charge in [-0.25, -0.2) is 0 Å². The fourth-order valence-electron chi connectivity index (χ4n) is 2.82. The van der Waals surface area contributed by atoms with Crippen molar-refractivity contribution in [1.82, 2.24) is 5.32 Å². The van der Waals surface area contributed by atoms with Crippen LogP contribution in [0.25, 0.3) is 11.0 Å². The minimum Gasteiger partial charge on any atom is -0.459 e. The van der Waals surface area contributed by atoms with Gasteiger partial charge in [0.1, 0.15) is 11.3 Å². The van der Waals surface area contributed by atoms with Gasteiger partial charge in [-0.3, -0.25) is 4.79 Å². The second kappa shape index (κ2) is 5.92. The molecule has 0 spiro atoms. The van der Waals surface area contributed by atoms with Crippen LogP contribution in [0.15, 0.2) is 52.9 Å². The average Bonchev–Trinajstić information content (AvgIpc) is 3.20. The van der Waals surface area contributed by atoms with Gasteiger partial charge in [0.2, 0.25) is 12.7 Å². The Morgan fingerprint density at radius 3 is 2.83 bits per heavy atom. The molecule has 0 saturated carbocycles. The van der Waals surface area contributed by atoms with Crippen molar-refractivity contribution in [1.29, 1.82) is 0 Å². The molecule has 122 valence electrons. The predicted molar refractivity (Wildman–Crippen MR) is 89.0 cm³/mol. The third-order valence-corrected chi connectivity index (χ3v) is 4.05. The van der Waals surface area contributed by atoms with Crippen LogP contribution in [0.1, 0.15) is 24.3 Å². The van der Waals surface area contributed by atoms with Gasteiger partial charge < -0.3 is 19.2 Å². The number of nitrogens with one attached hydrogen (secondary N) is 1. The summed E-state index contributed by atoms with van der Waals surface area (Å²) in [7, 11) is 0. The zero-order valence-corrected chi connectivity index (χ0v) is 13.2. The van der Waals surface area contributed by atoms with E-state index in [0.717, 1.165) is 28.0 Å². The van der Waals surface area contributed by atoms with Gasteiger partial charge in [0.15, 0.2) is 11.5 Å². The number of hydrogen-bond donors (Lipinski definition) is 1. The van der Waals surface area contributed by atoms with Crippen LogP contribution in [0, 0.1) is 0 Å². The van der Waals surface area contributed by atoms with Crippen molar-refractivity contribution in [2.24, 2.45) is 0 Å². The van der Waals surface area contributed by atoms with Gasteiger partial charge in [-0.1, -0.05) is 24.3 Å². The Morgan fingerprint density at radius 2 is 1.96 bits per heavy atom. The van der Waals surface area contributed by atoms with Crippen molar-refractivity contribution in [2.75, 3.05) is 6.79 Å². The van der Waals surface area contributed by atoms with E-state index in [4.69, 9.17) is 13.9 Å². The predicted octanol–water partition coefficient (Wildman–Crippen LogP) is 3.58. The molecule has 4 rings (SSSR count). The third kappa shape index (κ3) is 2.80. The van der Waals surface area contributed by atoms with E-state index < -0.39 is 0 Å². The summed E-state index contributed by atoms with van der Waals surface area (Å²) in [4.78, 5) is 12.3. The Morgan fingerprint density at radius 1 is 1.12 bits per heavy atom. The molecule has 5 nitrogen and oxygen atoms in total. The fourth-order valence-corrected chi connectivity index (χ4v) is 2.82. The summed E-state index contributed by atoms with van der Waals surface area (Å²) in [6, 6.07) is 15.1. The van der Waals surface area contributed by atoms with Crippen molar-refractivity contribution in [3.8, 4) is 11.5 Å². The molecule has 0 fully saturated rings. The van der Waals surface area contributed by atoms with E-state index in [1.54, 1.807) is 0 Å². The molecule has 24 heavy (non-hydrogen) atoms. The molecule has 0 bridgehead atoms. The molecule has 1 amide bonds. The molecule has 1 aliphatic rings. The number of benzene rings is 2. The maximum atomic E-state index is 12.3. The summed E-state index contributed by atoms with van der Waals surface area (Å²) in [6.45, 7) is 2.14. The van der Waals surface area contributed by atoms with Crippen LogP contribution in [-0.4, -0.2) is 12.7 Å². The Hall–Kier alpha value is -2.95. The molecule has 1 aliphatic heterocycles. The van der Waals surface area contributed by atoms with Crippen LogP contribution < -0.4 is 14.8 Å². The average molecular weight is 323 g/mol. The number of carbonyl (C=O) groups excluding carboxylic acids is 1. The van der Waals surface area contributed by atoms with Gasteiger partial charge in [-0.2, -0.15) is 0 Å². The SMILES string of the molecule is C[C@H](NC(=O)Cc1ccc2c(c1)OCO2)c1cc2ccccc2o1. The maximum absolute atomic E-state index is 12.3. The van der Waals surface area contributed by atoms with E-state index in [2.05, 4.69) is 5.32 Å². The molecule has 0 saturated heterocycles. The first-order chi connectivity index (χ1) is 11.7. The first-order valence-corrected chi connectivity index (χ1v) is 7.85. The first-order valence-electron chi connectivity index (χ1n) is 7.85. The van der Waals surface area contributed by atoms with Crippen molar-refractivity contribution >= 4 is 16.9 Å². The normalized spacial score (nSPS) is 13.9. The summed E-state index contributed by atoms with van der Waals surface area (Å²) in [5.74, 6) is 2.08. The monoisotopic (exact) mass is 323 g/mol. The van der Waals surface area contributed by atoms with E-state index >= 15 is 0 Å². The number of carbonyl (C=O) groups is 1. The molecule has 1 aromatic heterocycles. The summed E-state index contributed by atoms with van der Waals surface area (Å²) in [5.41, 5.74) is 1.71. The topological polar surface area (TPSA) is 60.7 Å². The van der Waals surface area contributed by atoms with Crippen LogP contribution in [0.3, 0.4) is 0 Å². The molecule has 2 aromatic carbocycles. The highest BCUT2D eigenvalue weighted by Crippen LogP contribution is 2.32. The zero-order chi connectivity index (χ0) is 16.5. The highest BCUT2D eigenvalue weighted by Gasteiger charge is 2.17. The largest absolute Gasteiger partial charge is 0.459 e. The van der Waals surface area contributed by atoms with Crippen molar-refractivity contribution in [2.45, 2.75) is 19.4 Å². The van der Waals surface area contributed by atoms with E-state index in [0.29, 0.717) is 5.75 Å². The first kappa shape index (κ1) is 14.6. The van der Waals surface area contributed by atoms with Crippen LogP contribution in [0.2, 0.25) is 0 Å². The fraction of sp³-hybridized carbons (Fsp3) is 0.211. The molecule has 3 aromatic rings. The Labute approximate surface area is 139 Å². The van der Waals surface area contributed by atoms with E-state index in [1.165, 1.54) is 0 Å². The number of fused-ring (bicyclic) bond motifs is 2. The van der Waals surface area contributed by atoms with Gasteiger partial charge >= 0.3 is 0 Å². The molecular formula is C19H17NO4. The van der Waals surface area contributed by atoms with Gasteiger partial charge in [0, 0.05) is 5.39 Å². The second-order valence-corrected chi connectivity index (χ2v) is 5.84. The van der Waals surface area contributed by atoms with Crippen molar-refractivity contribution in [3.05, 3.63) is 59.9 Å². The number of furan rings is 1. The number of amides is 1. The minimum atomic E-state index is -0.195. The van der Waals surface area contributed by atoms with Gasteiger partial charge in [0.25, 0.3) is 0 Å². The van der Waals surface area contributed by atoms with Crippen molar-refractivity contribution < 1.29 is 18.7 Å². The molecule has 0 unspecified atom stereocenters. The highest BCUT2D eigenvalue weighted by atomic mass is 16.7. The quantitative estimate of drug-likeness (QED) is 0.797. The molecular weight excluding hydrogens is 306 g/mol. The summed E-state index contributed by atoms with van der Waals surface area (Å²) >= 11 is 0. The summed E-state index contributed by atoms with van der Waals surface area (Å²) < 4.78 is 16.4. The number of ether oxygens (including phenoxy) is 2. The zero-order valence-electron chi connectivity index (χ0n) is 13.2. The van der Waals surface area contributed by atoms with Crippen LogP contribution >= 0.6 is 0 Å². The number of rotatable bonds is 4. The minimum absolute atomic E-state index is 0.0678. The van der Waals surface area contributed by atoms with E-state index in [-0.39, 0.29) is 25.2 Å². The van der Waals surface area contributed by atoms with Crippen LogP contribution in [-0.2, 0) is 11.2 Å². The molecule has 5 heteroatoms. The summed E-state index contributed by atoms with van der Waals surface area (Å²) in [6.07, 6.45) is 0.279. The van der Waals surface area contributed by atoms with Crippen LogP contribution in [0.4, 0.5) is 0 Å². The lowest BCUT2D eigenvalue weighted by Crippen LogP contribution is -2.27. The molecule has 1 atom stereocenters. The van der Waals surface area contributed by atoms with Crippen molar-refractivity contribution in [3.63, 3.8) is 0 Å². The number of para-hydroxylation sites is 1. The number of hydrogen-bond acceptors (Lipinski definition) is 4. The van der Waals surface area contributed by atoms with E-state index in [1.807, 2.05) is 55.5 Å². The maximum Gasteiger partial charge on any atom is 0.231 e. The Kier molecular flexibility index (Phi) is 3.61. The molecule has 0 aliphatic carbocycles. The Balaban J connectivity index is 1.43. The van der Waals surface area contributed by atoms with E-state index in [9.17, 15) is 4.79 Å². The van der Waals surface area contributed by atoms with Crippen LogP contribution in [0.5, 0.6) is 11.5 Å². The molecule has 2 heterocycles. The lowest BCUT2D eigenvalue weighted by molar-refractivity contribution is -0.121. The van der Waals surface area contributed by atoms with Gasteiger partial charge in [0.05, 0.1) is 12.5 Å². The molecule has 1 N–H and O–H groups in total. The third-order valence-electron chi connectivity index (χ3n) is 4.05.